The zero-order valence-corrected chi connectivity index (χ0v) is 12.1. The molecule has 0 aliphatic rings. The summed E-state index contributed by atoms with van der Waals surface area (Å²) in [5.74, 6) is 0. The van der Waals surface area contributed by atoms with Crippen LogP contribution in [0.4, 0.5) is 0 Å². The number of thiophene rings is 1. The van der Waals surface area contributed by atoms with E-state index in [4.69, 9.17) is 11.6 Å². The quantitative estimate of drug-likeness (QED) is 0.563. The van der Waals surface area contributed by atoms with Crippen LogP contribution in [0.3, 0.4) is 0 Å². The van der Waals surface area contributed by atoms with Crippen LogP contribution >= 0.6 is 22.9 Å². The Balaban J connectivity index is 2.10. The number of nitrogens with zero attached hydrogens (tertiary/aromatic N) is 1. The molecule has 0 saturated heterocycles. The monoisotopic (exact) mass is 295 g/mol. The Morgan fingerprint density at radius 2 is 1.85 bits per heavy atom. The number of halogens is 1. The van der Waals surface area contributed by atoms with Crippen molar-refractivity contribution in [3.63, 3.8) is 0 Å². The van der Waals surface area contributed by atoms with Gasteiger partial charge in [0.25, 0.3) is 0 Å². The zero-order chi connectivity index (χ0) is 13.9. The number of rotatable bonds is 2. The minimum absolute atomic E-state index is 0.671. The zero-order valence-electron chi connectivity index (χ0n) is 10.5. The van der Waals surface area contributed by atoms with Gasteiger partial charge in [-0.1, -0.05) is 41.9 Å². The molecule has 3 heteroatoms. The molecule has 0 amide bonds. The maximum atomic E-state index is 9.43. The van der Waals surface area contributed by atoms with Gasteiger partial charge >= 0.3 is 0 Å². The molecule has 0 atom stereocenters. The molecule has 20 heavy (non-hydrogen) atoms. The average Bonchev–Trinajstić information content (AvgIpc) is 2.91. The molecule has 0 fully saturated rings. The van der Waals surface area contributed by atoms with Crippen LogP contribution in [0.25, 0.3) is 21.7 Å². The predicted octanol–water partition coefficient (Wildman–Crippen LogP) is 5.62. The molecule has 1 heterocycles. The van der Waals surface area contributed by atoms with Crippen molar-refractivity contribution < 1.29 is 0 Å². The van der Waals surface area contributed by atoms with Crippen molar-refractivity contribution in [2.45, 2.75) is 0 Å². The van der Waals surface area contributed by atoms with E-state index in [2.05, 4.69) is 12.1 Å². The van der Waals surface area contributed by atoms with E-state index in [0.717, 1.165) is 16.5 Å². The Bertz CT molecular complexity index is 822. The van der Waals surface area contributed by atoms with Crippen LogP contribution in [0.15, 0.2) is 53.9 Å². The van der Waals surface area contributed by atoms with Crippen LogP contribution in [-0.2, 0) is 0 Å². The van der Waals surface area contributed by atoms with Gasteiger partial charge in [-0.25, -0.2) is 0 Å². The molecule has 96 valence electrons. The first kappa shape index (κ1) is 12.9. The molecule has 3 aromatic rings. The minimum atomic E-state index is 0.671. The van der Waals surface area contributed by atoms with Crippen LogP contribution in [-0.4, -0.2) is 0 Å². The van der Waals surface area contributed by atoms with Crippen molar-refractivity contribution in [3.8, 4) is 6.07 Å². The van der Waals surface area contributed by atoms with Gasteiger partial charge in [-0.2, -0.15) is 5.26 Å². The molecule has 0 saturated carbocycles. The highest BCUT2D eigenvalue weighted by atomic mass is 35.5. The van der Waals surface area contributed by atoms with Crippen molar-refractivity contribution in [1.82, 2.24) is 0 Å². The number of nitriles is 1. The third-order valence-corrected chi connectivity index (χ3v) is 4.29. The second kappa shape index (κ2) is 5.50. The molecule has 0 radical (unpaired) electrons. The van der Waals surface area contributed by atoms with E-state index < -0.39 is 0 Å². The summed E-state index contributed by atoms with van der Waals surface area (Å²) < 4.78 is 1.19. The molecular weight excluding hydrogens is 286 g/mol. The molecule has 1 nitrogen and oxygen atoms in total. The van der Waals surface area contributed by atoms with Crippen LogP contribution in [0.2, 0.25) is 5.02 Å². The summed E-state index contributed by atoms with van der Waals surface area (Å²) in [6, 6.07) is 17.9. The Hall–Kier alpha value is -2.08. The van der Waals surface area contributed by atoms with Crippen LogP contribution in [0, 0.1) is 11.3 Å². The van der Waals surface area contributed by atoms with Gasteiger partial charge in [-0.05, 0) is 29.8 Å². The van der Waals surface area contributed by atoms with Gasteiger partial charge in [0.15, 0.2) is 0 Å². The third kappa shape index (κ3) is 2.46. The summed E-state index contributed by atoms with van der Waals surface area (Å²) in [6.45, 7) is 0. The van der Waals surface area contributed by atoms with Crippen LogP contribution in [0.1, 0.15) is 11.1 Å². The smallest absolute Gasteiger partial charge is 0.0998 e. The molecule has 1 aromatic heterocycles. The fraction of sp³-hybridized carbons (Fsp3) is 0. The van der Waals surface area contributed by atoms with Crippen LogP contribution < -0.4 is 0 Å². The SMILES string of the molecule is N#C/C(=C\c1ccc(Cl)cc1)c1csc2ccccc12. The summed E-state index contributed by atoms with van der Waals surface area (Å²) >= 11 is 7.53. The molecule has 0 aliphatic heterocycles. The maximum absolute atomic E-state index is 9.43. The number of benzene rings is 2. The number of fused-ring (bicyclic) bond motifs is 1. The lowest BCUT2D eigenvalue weighted by Crippen LogP contribution is -1.80. The average molecular weight is 296 g/mol. The van der Waals surface area contributed by atoms with Crippen molar-refractivity contribution in [3.05, 3.63) is 70.1 Å². The Kier molecular flexibility index (Phi) is 3.56. The Labute approximate surface area is 126 Å². The second-order valence-electron chi connectivity index (χ2n) is 4.37. The first-order chi connectivity index (χ1) is 9.78. The fourth-order valence-corrected chi connectivity index (χ4v) is 3.17. The van der Waals surface area contributed by atoms with Gasteiger partial charge in [0.1, 0.15) is 0 Å². The number of hydrogen-bond donors (Lipinski definition) is 0. The molecule has 2 aromatic carbocycles. The largest absolute Gasteiger partial charge is 0.192 e. The minimum Gasteiger partial charge on any atom is -0.192 e. The summed E-state index contributed by atoms with van der Waals surface area (Å²) in [5, 5.41) is 13.3. The van der Waals surface area contributed by atoms with Crippen molar-refractivity contribution in [2.75, 3.05) is 0 Å². The highest BCUT2D eigenvalue weighted by molar-refractivity contribution is 7.17. The third-order valence-electron chi connectivity index (χ3n) is 3.07. The summed E-state index contributed by atoms with van der Waals surface area (Å²) in [4.78, 5) is 0. The normalized spacial score (nSPS) is 11.5. The van der Waals surface area contributed by atoms with E-state index in [1.54, 1.807) is 11.3 Å². The first-order valence-electron chi connectivity index (χ1n) is 6.12. The lowest BCUT2D eigenvalue weighted by molar-refractivity contribution is 1.53. The van der Waals surface area contributed by atoms with Gasteiger partial charge < -0.3 is 0 Å². The van der Waals surface area contributed by atoms with Gasteiger partial charge in [0.05, 0.1) is 11.6 Å². The maximum Gasteiger partial charge on any atom is 0.0998 e. The lowest BCUT2D eigenvalue weighted by Gasteiger charge is -1.99. The van der Waals surface area contributed by atoms with Crippen LogP contribution in [0.5, 0.6) is 0 Å². The second-order valence-corrected chi connectivity index (χ2v) is 5.71. The number of hydrogen-bond acceptors (Lipinski definition) is 2. The molecule has 0 unspecified atom stereocenters. The van der Waals surface area contributed by atoms with E-state index in [9.17, 15) is 5.26 Å². The molecule has 0 spiro atoms. The molecular formula is C17H10ClNS. The van der Waals surface area contributed by atoms with E-state index in [1.807, 2.05) is 53.9 Å². The standard InChI is InChI=1S/C17H10ClNS/c18-14-7-5-12(6-8-14)9-13(10-19)16-11-20-17-4-2-1-3-15(16)17/h1-9,11H/b13-9+. The van der Waals surface area contributed by atoms with Crippen molar-refractivity contribution >= 4 is 44.7 Å². The van der Waals surface area contributed by atoms with Crippen molar-refractivity contribution in [1.29, 1.82) is 5.26 Å². The van der Waals surface area contributed by atoms with E-state index >= 15 is 0 Å². The molecule has 0 bridgehead atoms. The molecule has 3 rings (SSSR count). The van der Waals surface area contributed by atoms with Gasteiger partial charge in [-0.3, -0.25) is 0 Å². The fourth-order valence-electron chi connectivity index (χ4n) is 2.08. The Morgan fingerprint density at radius 3 is 2.60 bits per heavy atom. The van der Waals surface area contributed by atoms with E-state index in [-0.39, 0.29) is 0 Å². The van der Waals surface area contributed by atoms with Crippen molar-refractivity contribution in [2.24, 2.45) is 0 Å². The van der Waals surface area contributed by atoms with Gasteiger partial charge in [0.2, 0.25) is 0 Å². The highest BCUT2D eigenvalue weighted by Gasteiger charge is 2.08. The van der Waals surface area contributed by atoms with E-state index in [1.165, 1.54) is 4.70 Å². The van der Waals surface area contributed by atoms with E-state index in [0.29, 0.717) is 10.6 Å². The van der Waals surface area contributed by atoms with Gasteiger partial charge in [0, 0.05) is 26.1 Å². The highest BCUT2D eigenvalue weighted by Crippen LogP contribution is 2.31. The molecule has 0 N–H and O–H groups in total. The first-order valence-corrected chi connectivity index (χ1v) is 7.37. The summed E-state index contributed by atoms with van der Waals surface area (Å²) in [6.07, 6.45) is 1.89. The summed E-state index contributed by atoms with van der Waals surface area (Å²) in [7, 11) is 0. The summed E-state index contributed by atoms with van der Waals surface area (Å²) in [5.41, 5.74) is 2.63. The lowest BCUT2D eigenvalue weighted by atomic mass is 10.0. The predicted molar refractivity (Wildman–Crippen MR) is 86.8 cm³/mol. The Morgan fingerprint density at radius 1 is 1.10 bits per heavy atom. The van der Waals surface area contributed by atoms with Gasteiger partial charge in [-0.15, -0.1) is 11.3 Å². The topological polar surface area (TPSA) is 23.8 Å². The molecule has 0 aliphatic carbocycles. The number of allylic oxidation sites excluding steroid dienone is 1.